The monoisotopic (exact) mass is 241 g/mol. The van der Waals surface area contributed by atoms with Gasteiger partial charge in [0.25, 0.3) is 0 Å². The number of fused-ring (bicyclic) bond motifs is 1. The van der Waals surface area contributed by atoms with Gasteiger partial charge in [-0.2, -0.15) is 0 Å². The average Bonchev–Trinajstić information content (AvgIpc) is 2.18. The lowest BCUT2D eigenvalue weighted by atomic mass is 9.99. The number of anilines is 1. The molecule has 0 saturated heterocycles. The van der Waals surface area contributed by atoms with Crippen molar-refractivity contribution in [2.24, 2.45) is 0 Å². The van der Waals surface area contributed by atoms with E-state index in [0.29, 0.717) is 0 Å². The van der Waals surface area contributed by atoms with E-state index < -0.39 is 0 Å². The molecular formula is C10H12BrNO. The molecule has 0 aliphatic carbocycles. The fourth-order valence-electron chi connectivity index (χ4n) is 1.70. The Hall–Kier alpha value is -0.540. The minimum absolute atomic E-state index is 0.214. The van der Waals surface area contributed by atoms with Crippen molar-refractivity contribution in [1.29, 1.82) is 0 Å². The van der Waals surface area contributed by atoms with Gasteiger partial charge >= 0.3 is 0 Å². The van der Waals surface area contributed by atoms with Gasteiger partial charge < -0.3 is 10.4 Å². The first kappa shape index (κ1) is 9.03. The van der Waals surface area contributed by atoms with E-state index in [4.69, 9.17) is 5.11 Å². The van der Waals surface area contributed by atoms with Crippen molar-refractivity contribution in [3.8, 4) is 0 Å². The minimum atomic E-state index is 0.214. The van der Waals surface area contributed by atoms with E-state index in [2.05, 4.69) is 33.4 Å². The molecule has 0 amide bonds. The maximum absolute atomic E-state index is 9.01. The topological polar surface area (TPSA) is 32.3 Å². The maximum atomic E-state index is 9.01. The van der Waals surface area contributed by atoms with Gasteiger partial charge in [0.15, 0.2) is 0 Å². The normalized spacial score (nSPS) is 20.6. The first-order valence-corrected chi connectivity index (χ1v) is 5.25. The van der Waals surface area contributed by atoms with Crippen LogP contribution in [0.15, 0.2) is 22.7 Å². The van der Waals surface area contributed by atoms with Crippen LogP contribution < -0.4 is 5.32 Å². The molecule has 0 spiro atoms. The summed E-state index contributed by atoms with van der Waals surface area (Å²) in [5, 5.41) is 12.3. The lowest BCUT2D eigenvalue weighted by Crippen LogP contribution is -2.28. The first-order chi connectivity index (χ1) is 6.31. The molecule has 1 aromatic carbocycles. The molecule has 70 valence electrons. The Morgan fingerprint density at radius 2 is 2.38 bits per heavy atom. The molecule has 1 heterocycles. The maximum Gasteiger partial charge on any atom is 0.0632 e. The number of benzene rings is 1. The van der Waals surface area contributed by atoms with Crippen LogP contribution in [0, 0.1) is 0 Å². The molecule has 1 aliphatic heterocycles. The zero-order chi connectivity index (χ0) is 9.26. The number of hydrogen-bond donors (Lipinski definition) is 2. The summed E-state index contributed by atoms with van der Waals surface area (Å²) in [4.78, 5) is 0. The van der Waals surface area contributed by atoms with E-state index in [0.717, 1.165) is 23.0 Å². The molecule has 2 nitrogen and oxygen atoms in total. The Morgan fingerprint density at radius 1 is 1.54 bits per heavy atom. The smallest absolute Gasteiger partial charge is 0.0632 e. The number of aliphatic hydroxyl groups is 1. The highest BCUT2D eigenvalue weighted by Crippen LogP contribution is 2.30. The van der Waals surface area contributed by atoms with Crippen LogP contribution in [0.4, 0.5) is 5.69 Å². The molecule has 1 unspecified atom stereocenters. The van der Waals surface area contributed by atoms with Crippen molar-refractivity contribution in [3.05, 3.63) is 28.2 Å². The largest absolute Gasteiger partial charge is 0.394 e. The standard InChI is InChI=1S/C10H12BrNO/c11-9-2-1-3-10-8(9)5-4-7(6-13)12-10/h1-3,7,12-13H,4-6H2. The van der Waals surface area contributed by atoms with E-state index in [1.807, 2.05) is 6.07 Å². The highest BCUT2D eigenvalue weighted by atomic mass is 79.9. The predicted octanol–water partition coefficient (Wildman–Crippen LogP) is 2.17. The summed E-state index contributed by atoms with van der Waals surface area (Å²) in [5.74, 6) is 0. The SMILES string of the molecule is OCC1CCc2c(Br)cccc2N1. The van der Waals surface area contributed by atoms with Crippen molar-refractivity contribution in [3.63, 3.8) is 0 Å². The predicted molar refractivity (Wildman–Crippen MR) is 57.0 cm³/mol. The molecular weight excluding hydrogens is 230 g/mol. The molecule has 0 radical (unpaired) electrons. The molecule has 13 heavy (non-hydrogen) atoms. The van der Waals surface area contributed by atoms with E-state index >= 15 is 0 Å². The Kier molecular flexibility index (Phi) is 2.56. The van der Waals surface area contributed by atoms with Gasteiger partial charge in [-0.25, -0.2) is 0 Å². The van der Waals surface area contributed by atoms with Crippen LogP contribution in [0.2, 0.25) is 0 Å². The summed E-state index contributed by atoms with van der Waals surface area (Å²) in [6, 6.07) is 6.35. The molecule has 2 N–H and O–H groups in total. The summed E-state index contributed by atoms with van der Waals surface area (Å²) in [6.45, 7) is 0.214. The van der Waals surface area contributed by atoms with Gasteiger partial charge in [-0.3, -0.25) is 0 Å². The highest BCUT2D eigenvalue weighted by molar-refractivity contribution is 9.10. The zero-order valence-corrected chi connectivity index (χ0v) is 8.84. The van der Waals surface area contributed by atoms with E-state index in [1.54, 1.807) is 0 Å². The van der Waals surface area contributed by atoms with Crippen molar-refractivity contribution in [2.45, 2.75) is 18.9 Å². The third-order valence-corrected chi connectivity index (χ3v) is 3.18. The van der Waals surface area contributed by atoms with Gasteiger partial charge in [0.05, 0.1) is 6.61 Å². The van der Waals surface area contributed by atoms with Crippen molar-refractivity contribution in [1.82, 2.24) is 0 Å². The highest BCUT2D eigenvalue weighted by Gasteiger charge is 2.17. The fraction of sp³-hybridized carbons (Fsp3) is 0.400. The second-order valence-electron chi connectivity index (χ2n) is 3.33. The van der Waals surface area contributed by atoms with Crippen LogP contribution in [-0.4, -0.2) is 17.8 Å². The van der Waals surface area contributed by atoms with Gasteiger partial charge in [0.2, 0.25) is 0 Å². The molecule has 0 saturated carbocycles. The van der Waals surface area contributed by atoms with E-state index in [-0.39, 0.29) is 12.6 Å². The van der Waals surface area contributed by atoms with E-state index in [9.17, 15) is 0 Å². The molecule has 1 aliphatic rings. The van der Waals surface area contributed by atoms with Crippen LogP contribution in [0.25, 0.3) is 0 Å². The summed E-state index contributed by atoms with van der Waals surface area (Å²) >= 11 is 3.52. The quantitative estimate of drug-likeness (QED) is 0.790. The Morgan fingerprint density at radius 3 is 3.15 bits per heavy atom. The minimum Gasteiger partial charge on any atom is -0.394 e. The molecule has 0 aromatic heterocycles. The third-order valence-electron chi connectivity index (χ3n) is 2.44. The Balaban J connectivity index is 2.31. The Labute approximate surface area is 86.1 Å². The van der Waals surface area contributed by atoms with Crippen molar-refractivity contribution < 1.29 is 5.11 Å². The number of hydrogen-bond acceptors (Lipinski definition) is 2. The first-order valence-electron chi connectivity index (χ1n) is 4.46. The van der Waals surface area contributed by atoms with Crippen LogP contribution in [0.1, 0.15) is 12.0 Å². The number of halogens is 1. The van der Waals surface area contributed by atoms with Crippen LogP contribution in [0.5, 0.6) is 0 Å². The molecule has 3 heteroatoms. The summed E-state index contributed by atoms with van der Waals surface area (Å²) in [6.07, 6.45) is 2.04. The lowest BCUT2D eigenvalue weighted by Gasteiger charge is -2.26. The fourth-order valence-corrected chi connectivity index (χ4v) is 2.26. The molecule has 0 bridgehead atoms. The number of aliphatic hydroxyl groups excluding tert-OH is 1. The molecule has 0 fully saturated rings. The van der Waals surface area contributed by atoms with Crippen LogP contribution in [-0.2, 0) is 6.42 Å². The van der Waals surface area contributed by atoms with Gasteiger partial charge in [-0.15, -0.1) is 0 Å². The van der Waals surface area contributed by atoms with Gasteiger partial charge in [-0.05, 0) is 30.5 Å². The molecule has 1 aromatic rings. The van der Waals surface area contributed by atoms with Crippen molar-refractivity contribution in [2.75, 3.05) is 11.9 Å². The van der Waals surface area contributed by atoms with Gasteiger partial charge in [0, 0.05) is 16.2 Å². The van der Waals surface area contributed by atoms with Crippen LogP contribution in [0.3, 0.4) is 0 Å². The summed E-state index contributed by atoms with van der Waals surface area (Å²) < 4.78 is 1.16. The number of rotatable bonds is 1. The summed E-state index contributed by atoms with van der Waals surface area (Å²) in [7, 11) is 0. The zero-order valence-electron chi connectivity index (χ0n) is 7.26. The van der Waals surface area contributed by atoms with Crippen LogP contribution >= 0.6 is 15.9 Å². The molecule has 1 atom stereocenters. The molecule has 2 rings (SSSR count). The Bertz CT molecular complexity index is 314. The van der Waals surface area contributed by atoms with Gasteiger partial charge in [-0.1, -0.05) is 22.0 Å². The second kappa shape index (κ2) is 3.68. The van der Waals surface area contributed by atoms with Gasteiger partial charge in [0.1, 0.15) is 0 Å². The number of nitrogens with one attached hydrogen (secondary N) is 1. The van der Waals surface area contributed by atoms with E-state index in [1.165, 1.54) is 5.56 Å². The second-order valence-corrected chi connectivity index (χ2v) is 4.18. The van der Waals surface area contributed by atoms with Crippen molar-refractivity contribution >= 4 is 21.6 Å². The summed E-state index contributed by atoms with van der Waals surface area (Å²) in [5.41, 5.74) is 2.48. The lowest BCUT2D eigenvalue weighted by molar-refractivity contribution is 0.267. The third kappa shape index (κ3) is 1.71. The average molecular weight is 242 g/mol.